The van der Waals surface area contributed by atoms with Crippen LogP contribution >= 0.6 is 0 Å². The SMILES string of the molecule is C=CCc1cccc(C=NNC(=O)C(O)(c2ccccc2)c2ccccc2)c1O. The molecule has 0 heterocycles. The Kier molecular flexibility index (Phi) is 6.22. The zero-order chi connectivity index (χ0) is 20.7. The highest BCUT2D eigenvalue weighted by molar-refractivity contribution is 5.91. The van der Waals surface area contributed by atoms with E-state index in [1.165, 1.54) is 6.21 Å². The Balaban J connectivity index is 1.88. The van der Waals surface area contributed by atoms with Crippen LogP contribution in [-0.4, -0.2) is 22.3 Å². The first-order chi connectivity index (χ1) is 14.1. The number of carbonyl (C=O) groups is 1. The number of aromatic hydroxyl groups is 1. The maximum absolute atomic E-state index is 13.0. The number of allylic oxidation sites excluding steroid dienone is 1. The van der Waals surface area contributed by atoms with Crippen molar-refractivity contribution in [1.82, 2.24) is 5.43 Å². The highest BCUT2D eigenvalue weighted by atomic mass is 16.3. The van der Waals surface area contributed by atoms with E-state index < -0.39 is 11.5 Å². The standard InChI is InChI=1S/C24H22N2O3/c1-2-10-18-11-9-12-19(22(18)27)17-25-26-23(28)24(29,20-13-5-3-6-14-20)21-15-7-4-8-16-21/h2-9,11-17,27,29H,1,10H2,(H,26,28). The van der Waals surface area contributed by atoms with Crippen molar-refractivity contribution in [3.63, 3.8) is 0 Å². The molecule has 146 valence electrons. The van der Waals surface area contributed by atoms with E-state index in [-0.39, 0.29) is 5.75 Å². The van der Waals surface area contributed by atoms with E-state index >= 15 is 0 Å². The quantitative estimate of drug-likeness (QED) is 0.330. The number of hydrazone groups is 1. The van der Waals surface area contributed by atoms with Crippen LogP contribution in [-0.2, 0) is 16.8 Å². The second kappa shape index (κ2) is 8.99. The third kappa shape index (κ3) is 4.25. The number of rotatable bonds is 7. The van der Waals surface area contributed by atoms with E-state index in [9.17, 15) is 15.0 Å². The minimum absolute atomic E-state index is 0.0757. The summed E-state index contributed by atoms with van der Waals surface area (Å²) in [6, 6.07) is 22.6. The molecule has 0 aliphatic rings. The van der Waals surface area contributed by atoms with Gasteiger partial charge in [0.05, 0.1) is 6.21 Å². The van der Waals surface area contributed by atoms with Gasteiger partial charge in [-0.2, -0.15) is 5.10 Å². The van der Waals surface area contributed by atoms with Crippen LogP contribution in [0.2, 0.25) is 0 Å². The second-order valence-electron chi connectivity index (χ2n) is 6.49. The summed E-state index contributed by atoms with van der Waals surface area (Å²) in [4.78, 5) is 13.0. The molecule has 0 aliphatic carbocycles. The Morgan fingerprint density at radius 3 is 2.10 bits per heavy atom. The molecule has 0 bridgehead atoms. The number of phenols is 1. The Bertz CT molecular complexity index is 975. The van der Waals surface area contributed by atoms with Crippen LogP contribution in [0.3, 0.4) is 0 Å². The molecular formula is C24H22N2O3. The molecule has 0 atom stereocenters. The summed E-state index contributed by atoms with van der Waals surface area (Å²) in [6.45, 7) is 3.67. The average Bonchev–Trinajstić information content (AvgIpc) is 2.77. The summed E-state index contributed by atoms with van der Waals surface area (Å²) in [5.41, 5.74) is 2.50. The second-order valence-corrected chi connectivity index (χ2v) is 6.49. The average molecular weight is 386 g/mol. The van der Waals surface area contributed by atoms with E-state index in [1.807, 2.05) is 12.1 Å². The van der Waals surface area contributed by atoms with E-state index in [2.05, 4.69) is 17.1 Å². The highest BCUT2D eigenvalue weighted by Gasteiger charge is 2.39. The fraction of sp³-hybridized carbons (Fsp3) is 0.0833. The van der Waals surface area contributed by atoms with Gasteiger partial charge in [0.15, 0.2) is 5.60 Å². The number of carbonyl (C=O) groups excluding carboxylic acids is 1. The van der Waals surface area contributed by atoms with Crippen molar-refractivity contribution >= 4 is 12.1 Å². The molecule has 0 unspecified atom stereocenters. The minimum atomic E-state index is -1.91. The first-order valence-electron chi connectivity index (χ1n) is 9.16. The molecule has 0 spiro atoms. The van der Waals surface area contributed by atoms with Crippen molar-refractivity contribution < 1.29 is 15.0 Å². The normalized spacial score (nSPS) is 11.3. The predicted molar refractivity (Wildman–Crippen MR) is 114 cm³/mol. The van der Waals surface area contributed by atoms with Gasteiger partial charge in [0.1, 0.15) is 5.75 Å². The Morgan fingerprint density at radius 1 is 0.966 bits per heavy atom. The first kappa shape index (κ1) is 20.0. The molecule has 0 saturated carbocycles. The lowest BCUT2D eigenvalue weighted by molar-refractivity contribution is -0.136. The molecule has 5 heteroatoms. The number of aliphatic hydroxyl groups is 1. The van der Waals surface area contributed by atoms with Gasteiger partial charge in [0.2, 0.25) is 0 Å². The van der Waals surface area contributed by atoms with Crippen molar-refractivity contribution in [3.05, 3.63) is 114 Å². The van der Waals surface area contributed by atoms with Crippen LogP contribution in [0.5, 0.6) is 5.75 Å². The van der Waals surface area contributed by atoms with Crippen LogP contribution in [0.4, 0.5) is 0 Å². The molecule has 3 aromatic rings. The van der Waals surface area contributed by atoms with Crippen LogP contribution in [0.25, 0.3) is 0 Å². The lowest BCUT2D eigenvalue weighted by Gasteiger charge is -2.27. The van der Waals surface area contributed by atoms with Gasteiger partial charge in [0, 0.05) is 5.56 Å². The molecule has 29 heavy (non-hydrogen) atoms. The maximum Gasteiger partial charge on any atom is 0.281 e. The van der Waals surface area contributed by atoms with E-state index in [4.69, 9.17) is 0 Å². The largest absolute Gasteiger partial charge is 0.507 e. The number of hydrogen-bond donors (Lipinski definition) is 3. The van der Waals surface area contributed by atoms with Gasteiger partial charge in [-0.05, 0) is 29.2 Å². The zero-order valence-electron chi connectivity index (χ0n) is 15.8. The molecular weight excluding hydrogens is 364 g/mol. The number of nitrogens with zero attached hydrogens (tertiary/aromatic N) is 1. The Morgan fingerprint density at radius 2 is 1.55 bits per heavy atom. The van der Waals surface area contributed by atoms with Crippen molar-refractivity contribution in [2.24, 2.45) is 5.10 Å². The molecule has 3 N–H and O–H groups in total. The molecule has 0 aromatic heterocycles. The van der Waals surface area contributed by atoms with E-state index in [0.29, 0.717) is 28.7 Å². The molecule has 0 saturated heterocycles. The number of amides is 1. The number of nitrogens with one attached hydrogen (secondary N) is 1. The maximum atomic E-state index is 13.0. The highest BCUT2D eigenvalue weighted by Crippen LogP contribution is 2.30. The molecule has 0 radical (unpaired) electrons. The number of benzene rings is 3. The summed E-state index contributed by atoms with van der Waals surface area (Å²) < 4.78 is 0. The third-order valence-corrected chi connectivity index (χ3v) is 4.60. The van der Waals surface area contributed by atoms with Crippen molar-refractivity contribution in [1.29, 1.82) is 0 Å². The Labute approximate surface area is 169 Å². The monoisotopic (exact) mass is 386 g/mol. The van der Waals surface area contributed by atoms with E-state index in [1.54, 1.807) is 72.8 Å². The number of phenolic OH excluding ortho intramolecular Hbond substituents is 1. The number of para-hydroxylation sites is 1. The molecule has 0 fully saturated rings. The number of hydrogen-bond acceptors (Lipinski definition) is 4. The summed E-state index contributed by atoms with van der Waals surface area (Å²) in [6.07, 6.45) is 3.55. The first-order valence-corrected chi connectivity index (χ1v) is 9.16. The van der Waals surface area contributed by atoms with E-state index in [0.717, 1.165) is 0 Å². The van der Waals surface area contributed by atoms with Crippen LogP contribution in [0.1, 0.15) is 22.3 Å². The van der Waals surface area contributed by atoms with Crippen LogP contribution in [0.15, 0.2) is 96.6 Å². The minimum Gasteiger partial charge on any atom is -0.507 e. The molecule has 5 nitrogen and oxygen atoms in total. The molecule has 3 aromatic carbocycles. The predicted octanol–water partition coefficient (Wildman–Crippen LogP) is 3.51. The smallest absolute Gasteiger partial charge is 0.281 e. The van der Waals surface area contributed by atoms with Gasteiger partial charge in [-0.15, -0.1) is 6.58 Å². The van der Waals surface area contributed by atoms with Crippen LogP contribution in [0, 0.1) is 0 Å². The fourth-order valence-electron chi connectivity index (χ4n) is 3.06. The van der Waals surface area contributed by atoms with Gasteiger partial charge in [-0.25, -0.2) is 5.43 Å². The van der Waals surface area contributed by atoms with Gasteiger partial charge in [-0.1, -0.05) is 78.9 Å². The van der Waals surface area contributed by atoms with Crippen molar-refractivity contribution in [3.8, 4) is 5.75 Å². The molecule has 1 amide bonds. The van der Waals surface area contributed by atoms with Crippen LogP contribution < -0.4 is 5.43 Å². The van der Waals surface area contributed by atoms with Crippen molar-refractivity contribution in [2.45, 2.75) is 12.0 Å². The van der Waals surface area contributed by atoms with Gasteiger partial charge < -0.3 is 10.2 Å². The molecule has 0 aliphatic heterocycles. The van der Waals surface area contributed by atoms with Gasteiger partial charge in [-0.3, -0.25) is 4.79 Å². The fourth-order valence-corrected chi connectivity index (χ4v) is 3.06. The third-order valence-electron chi connectivity index (χ3n) is 4.60. The Hall–Kier alpha value is -3.70. The zero-order valence-corrected chi connectivity index (χ0v) is 15.8. The lowest BCUT2D eigenvalue weighted by Crippen LogP contribution is -2.43. The summed E-state index contributed by atoms with van der Waals surface area (Å²) >= 11 is 0. The summed E-state index contributed by atoms with van der Waals surface area (Å²) in [7, 11) is 0. The lowest BCUT2D eigenvalue weighted by atomic mass is 9.85. The molecule has 3 rings (SSSR count). The topological polar surface area (TPSA) is 81.9 Å². The summed E-state index contributed by atoms with van der Waals surface area (Å²) in [5.74, 6) is -0.625. The van der Waals surface area contributed by atoms with Crippen molar-refractivity contribution in [2.75, 3.05) is 0 Å². The van der Waals surface area contributed by atoms with Gasteiger partial charge in [0.25, 0.3) is 5.91 Å². The summed E-state index contributed by atoms with van der Waals surface area (Å²) in [5, 5.41) is 25.6. The van der Waals surface area contributed by atoms with Gasteiger partial charge >= 0.3 is 0 Å².